The standard InChI is InChI=1S/C12H10S2Si/c1-4-10(13-7-1)11-5-3-9-15(11)12-6-2-8-14-12/h1-9,15H. The third kappa shape index (κ3) is 1.67. The molecule has 1 atom stereocenters. The highest BCUT2D eigenvalue weighted by atomic mass is 32.1. The largest absolute Gasteiger partial charge is 0.153 e. The average molecular weight is 246 g/mol. The van der Waals surface area contributed by atoms with Crippen molar-refractivity contribution >= 4 is 41.2 Å². The lowest BCUT2D eigenvalue weighted by Gasteiger charge is -2.08. The van der Waals surface area contributed by atoms with Gasteiger partial charge in [-0.1, -0.05) is 36.1 Å². The fraction of sp³-hybridized carbons (Fsp3) is 0. The molecule has 0 radical (unpaired) electrons. The fourth-order valence-corrected chi connectivity index (χ4v) is 7.11. The molecule has 0 amide bonds. The van der Waals surface area contributed by atoms with E-state index in [0.717, 1.165) is 0 Å². The highest BCUT2D eigenvalue weighted by Crippen LogP contribution is 2.27. The van der Waals surface area contributed by atoms with E-state index < -0.39 is 8.80 Å². The zero-order valence-corrected chi connectivity index (χ0v) is 10.9. The Labute approximate surface area is 98.8 Å². The lowest BCUT2D eigenvalue weighted by molar-refractivity contribution is 1.92. The van der Waals surface area contributed by atoms with Gasteiger partial charge in [0.15, 0.2) is 0 Å². The quantitative estimate of drug-likeness (QED) is 0.715. The zero-order chi connectivity index (χ0) is 10.1. The maximum absolute atomic E-state index is 2.42. The SMILES string of the molecule is C1=C[SiH](c2cccs2)C(c2cccs2)=C1. The first-order valence-corrected chi connectivity index (χ1v) is 8.49. The van der Waals surface area contributed by atoms with Crippen LogP contribution in [0.4, 0.5) is 0 Å². The van der Waals surface area contributed by atoms with E-state index in [-0.39, 0.29) is 0 Å². The summed E-state index contributed by atoms with van der Waals surface area (Å²) in [6, 6.07) is 8.81. The first-order valence-electron chi connectivity index (χ1n) is 4.91. The molecule has 15 heavy (non-hydrogen) atoms. The second kappa shape index (κ2) is 3.93. The first kappa shape index (κ1) is 9.33. The Kier molecular flexibility index (Phi) is 2.44. The Morgan fingerprint density at radius 1 is 1.00 bits per heavy atom. The van der Waals surface area contributed by atoms with Gasteiger partial charge >= 0.3 is 0 Å². The zero-order valence-electron chi connectivity index (χ0n) is 8.09. The lowest BCUT2D eigenvalue weighted by atomic mass is 10.4. The van der Waals surface area contributed by atoms with E-state index in [1.165, 1.54) is 4.88 Å². The molecule has 2 aromatic rings. The second-order valence-corrected chi connectivity index (χ2v) is 8.41. The molecule has 1 unspecified atom stereocenters. The molecule has 0 saturated carbocycles. The molecule has 3 heteroatoms. The van der Waals surface area contributed by atoms with Crippen LogP contribution in [-0.4, -0.2) is 8.80 Å². The Morgan fingerprint density at radius 3 is 2.60 bits per heavy atom. The summed E-state index contributed by atoms with van der Waals surface area (Å²) in [6.45, 7) is 0. The van der Waals surface area contributed by atoms with Crippen molar-refractivity contribution < 1.29 is 0 Å². The van der Waals surface area contributed by atoms with Gasteiger partial charge in [0, 0.05) is 4.88 Å². The van der Waals surface area contributed by atoms with Gasteiger partial charge in [-0.3, -0.25) is 0 Å². The van der Waals surface area contributed by atoms with Gasteiger partial charge in [-0.25, -0.2) is 0 Å². The molecule has 0 bridgehead atoms. The van der Waals surface area contributed by atoms with Crippen LogP contribution in [-0.2, 0) is 0 Å². The molecule has 3 rings (SSSR count). The van der Waals surface area contributed by atoms with Gasteiger partial charge in [-0.05, 0) is 26.5 Å². The maximum atomic E-state index is 2.42. The predicted molar refractivity (Wildman–Crippen MR) is 72.5 cm³/mol. The van der Waals surface area contributed by atoms with Gasteiger partial charge < -0.3 is 0 Å². The van der Waals surface area contributed by atoms with E-state index >= 15 is 0 Å². The second-order valence-electron chi connectivity index (χ2n) is 3.48. The van der Waals surface area contributed by atoms with Crippen molar-refractivity contribution in [3.05, 3.63) is 57.8 Å². The maximum Gasteiger partial charge on any atom is 0.139 e. The van der Waals surface area contributed by atoms with Crippen LogP contribution in [0.15, 0.2) is 52.9 Å². The normalized spacial score (nSPS) is 19.5. The third-order valence-corrected chi connectivity index (χ3v) is 8.16. The molecule has 0 fully saturated rings. The smallest absolute Gasteiger partial charge is 0.139 e. The van der Waals surface area contributed by atoms with Crippen LogP contribution >= 0.6 is 22.7 Å². The van der Waals surface area contributed by atoms with Crippen molar-refractivity contribution in [2.75, 3.05) is 0 Å². The van der Waals surface area contributed by atoms with Gasteiger partial charge in [0.2, 0.25) is 0 Å². The molecule has 0 saturated heterocycles. The fourth-order valence-electron chi connectivity index (χ4n) is 1.87. The number of allylic oxidation sites excluding steroid dienone is 2. The Morgan fingerprint density at radius 2 is 1.87 bits per heavy atom. The molecule has 0 nitrogen and oxygen atoms in total. The van der Waals surface area contributed by atoms with Gasteiger partial charge in [0.05, 0.1) is 0 Å². The van der Waals surface area contributed by atoms with Crippen molar-refractivity contribution in [2.45, 2.75) is 0 Å². The van der Waals surface area contributed by atoms with Crippen LogP contribution in [0.1, 0.15) is 4.88 Å². The predicted octanol–water partition coefficient (Wildman–Crippen LogP) is 2.98. The number of hydrogen-bond donors (Lipinski definition) is 0. The van der Waals surface area contributed by atoms with Gasteiger partial charge in [-0.2, -0.15) is 11.3 Å². The van der Waals surface area contributed by atoms with Crippen molar-refractivity contribution in [2.24, 2.45) is 0 Å². The number of hydrogen-bond acceptors (Lipinski definition) is 2. The van der Waals surface area contributed by atoms with Crippen molar-refractivity contribution in [1.82, 2.24) is 0 Å². The molecule has 2 aromatic heterocycles. The molecular weight excluding hydrogens is 236 g/mol. The van der Waals surface area contributed by atoms with Crippen molar-refractivity contribution in [3.8, 4) is 0 Å². The molecule has 1 aliphatic heterocycles. The summed E-state index contributed by atoms with van der Waals surface area (Å²) >= 11 is 3.75. The van der Waals surface area contributed by atoms with Crippen LogP contribution in [0.25, 0.3) is 5.20 Å². The molecule has 0 aliphatic carbocycles. The summed E-state index contributed by atoms with van der Waals surface area (Å²) in [5, 5.41) is 5.92. The summed E-state index contributed by atoms with van der Waals surface area (Å²) in [5.41, 5.74) is 2.42. The highest BCUT2D eigenvalue weighted by Gasteiger charge is 2.21. The summed E-state index contributed by atoms with van der Waals surface area (Å²) in [7, 11) is -0.989. The van der Waals surface area contributed by atoms with Crippen molar-refractivity contribution in [3.63, 3.8) is 0 Å². The van der Waals surface area contributed by atoms with Crippen LogP contribution < -0.4 is 4.50 Å². The minimum atomic E-state index is -0.989. The van der Waals surface area contributed by atoms with E-state index in [9.17, 15) is 0 Å². The molecule has 0 aromatic carbocycles. The van der Waals surface area contributed by atoms with E-state index in [4.69, 9.17) is 0 Å². The summed E-state index contributed by atoms with van der Waals surface area (Å²) in [6.07, 6.45) is 4.52. The number of rotatable bonds is 2. The number of thiophene rings is 2. The third-order valence-electron chi connectivity index (χ3n) is 2.57. The average Bonchev–Trinajstić information content (AvgIpc) is 3.01. The van der Waals surface area contributed by atoms with Gasteiger partial charge in [0.1, 0.15) is 8.80 Å². The molecule has 0 spiro atoms. The topological polar surface area (TPSA) is 0 Å². The molecule has 1 aliphatic rings. The van der Waals surface area contributed by atoms with Crippen LogP contribution in [0.2, 0.25) is 0 Å². The van der Waals surface area contributed by atoms with Gasteiger partial charge in [-0.15, -0.1) is 11.3 Å². The Hall–Kier alpha value is -0.903. The monoisotopic (exact) mass is 246 g/mol. The minimum absolute atomic E-state index is 0.989. The summed E-state index contributed by atoms with van der Waals surface area (Å²) in [5.74, 6) is 0. The van der Waals surface area contributed by atoms with Crippen LogP contribution in [0, 0.1) is 0 Å². The summed E-state index contributed by atoms with van der Waals surface area (Å²) < 4.78 is 1.57. The van der Waals surface area contributed by atoms with Crippen molar-refractivity contribution in [1.29, 1.82) is 0 Å². The van der Waals surface area contributed by atoms with Crippen LogP contribution in [0.5, 0.6) is 0 Å². The lowest BCUT2D eigenvalue weighted by Crippen LogP contribution is -2.25. The Balaban J connectivity index is 1.99. The molecular formula is C12H10S2Si. The van der Waals surface area contributed by atoms with E-state index in [2.05, 4.69) is 52.9 Å². The van der Waals surface area contributed by atoms with E-state index in [1.54, 1.807) is 9.70 Å². The molecule has 74 valence electrons. The van der Waals surface area contributed by atoms with E-state index in [1.807, 2.05) is 22.7 Å². The van der Waals surface area contributed by atoms with Gasteiger partial charge in [0.25, 0.3) is 0 Å². The summed E-state index contributed by atoms with van der Waals surface area (Å²) in [4.78, 5) is 1.45. The first-order chi connectivity index (χ1) is 7.45. The Bertz CT molecular complexity index is 492. The minimum Gasteiger partial charge on any atom is -0.153 e. The van der Waals surface area contributed by atoms with Crippen LogP contribution in [0.3, 0.4) is 0 Å². The molecule has 3 heterocycles. The van der Waals surface area contributed by atoms with E-state index in [0.29, 0.717) is 0 Å². The molecule has 0 N–H and O–H groups in total. The highest BCUT2D eigenvalue weighted by molar-refractivity contribution is 7.26.